The maximum atomic E-state index is 7.07. The molecule has 0 atom stereocenters. The van der Waals surface area contributed by atoms with Crippen molar-refractivity contribution in [1.82, 2.24) is 4.98 Å². The molecule has 1 aromatic heterocycles. The van der Waals surface area contributed by atoms with Crippen LogP contribution in [-0.2, 0) is 0 Å². The fraction of sp³-hybridized carbons (Fsp3) is 0.429. The molecule has 0 aliphatic heterocycles. The third-order valence-electron chi connectivity index (χ3n) is 1.72. The van der Waals surface area contributed by atoms with Crippen molar-refractivity contribution in [3.8, 4) is 0 Å². The third kappa shape index (κ3) is 1.11. The molecular weight excluding hydrogens is 142 g/mol. The molecule has 1 saturated carbocycles. The summed E-state index contributed by atoms with van der Waals surface area (Å²) in [5, 5.41) is 7.07. The van der Waals surface area contributed by atoms with Gasteiger partial charge >= 0.3 is 0 Å². The molecule has 0 amide bonds. The van der Waals surface area contributed by atoms with Gasteiger partial charge in [0.05, 0.1) is 0 Å². The summed E-state index contributed by atoms with van der Waals surface area (Å²) in [4.78, 5) is 4.06. The standard InChI is InChI=1S/C7H9N3O/c8-6(9)5-3-11-7(10-5)4-1-2-4/h3-4H,1-2H2,(H3,8,9). The van der Waals surface area contributed by atoms with Crippen LogP contribution >= 0.6 is 0 Å². The van der Waals surface area contributed by atoms with Gasteiger partial charge in [0.25, 0.3) is 0 Å². The highest BCUT2D eigenvalue weighted by atomic mass is 16.3. The molecule has 0 aromatic carbocycles. The van der Waals surface area contributed by atoms with Crippen LogP contribution < -0.4 is 5.73 Å². The number of oxazole rings is 1. The van der Waals surface area contributed by atoms with Gasteiger partial charge in [0.15, 0.2) is 5.89 Å². The number of nitrogens with one attached hydrogen (secondary N) is 1. The van der Waals surface area contributed by atoms with Crippen molar-refractivity contribution in [3.63, 3.8) is 0 Å². The molecule has 1 aromatic rings. The number of aromatic nitrogens is 1. The SMILES string of the molecule is N=C(N)c1coc(C2CC2)n1. The Bertz CT molecular complexity index is 288. The normalized spacial score (nSPS) is 16.7. The van der Waals surface area contributed by atoms with E-state index in [0.717, 1.165) is 18.7 Å². The number of nitrogens with two attached hydrogens (primary N) is 1. The summed E-state index contributed by atoms with van der Waals surface area (Å²) in [6.45, 7) is 0. The smallest absolute Gasteiger partial charge is 0.197 e. The van der Waals surface area contributed by atoms with Crippen molar-refractivity contribution in [2.75, 3.05) is 0 Å². The number of rotatable bonds is 2. The van der Waals surface area contributed by atoms with Crippen LogP contribution in [0.5, 0.6) is 0 Å². The highest BCUT2D eigenvalue weighted by Crippen LogP contribution is 2.39. The van der Waals surface area contributed by atoms with Gasteiger partial charge in [-0.15, -0.1) is 0 Å². The Kier molecular flexibility index (Phi) is 1.21. The van der Waals surface area contributed by atoms with Crippen LogP contribution in [0, 0.1) is 5.41 Å². The number of hydrogen-bond donors (Lipinski definition) is 2. The largest absolute Gasteiger partial charge is 0.448 e. The quantitative estimate of drug-likeness (QED) is 0.485. The van der Waals surface area contributed by atoms with Gasteiger partial charge in [-0.3, -0.25) is 5.41 Å². The third-order valence-corrected chi connectivity index (χ3v) is 1.72. The zero-order valence-electron chi connectivity index (χ0n) is 6.00. The summed E-state index contributed by atoms with van der Waals surface area (Å²) in [6, 6.07) is 0. The second-order valence-electron chi connectivity index (χ2n) is 2.76. The minimum atomic E-state index is -0.0272. The molecule has 11 heavy (non-hydrogen) atoms. The van der Waals surface area contributed by atoms with Crippen molar-refractivity contribution in [2.45, 2.75) is 18.8 Å². The number of hydrogen-bond acceptors (Lipinski definition) is 3. The van der Waals surface area contributed by atoms with Crippen LogP contribution in [-0.4, -0.2) is 10.8 Å². The summed E-state index contributed by atoms with van der Waals surface area (Å²) >= 11 is 0. The lowest BCUT2D eigenvalue weighted by atomic mass is 10.4. The van der Waals surface area contributed by atoms with Crippen LogP contribution in [0.2, 0.25) is 0 Å². The minimum Gasteiger partial charge on any atom is -0.448 e. The second-order valence-corrected chi connectivity index (χ2v) is 2.76. The molecule has 0 unspecified atom stereocenters. The van der Waals surface area contributed by atoms with Crippen LogP contribution in [0.3, 0.4) is 0 Å². The Morgan fingerprint density at radius 3 is 2.91 bits per heavy atom. The molecule has 0 radical (unpaired) electrons. The minimum absolute atomic E-state index is 0.0272. The summed E-state index contributed by atoms with van der Waals surface area (Å²) in [6.07, 6.45) is 3.74. The summed E-state index contributed by atoms with van der Waals surface area (Å²) in [5.74, 6) is 1.19. The van der Waals surface area contributed by atoms with Gasteiger partial charge in [-0.2, -0.15) is 0 Å². The van der Waals surface area contributed by atoms with E-state index >= 15 is 0 Å². The van der Waals surface area contributed by atoms with E-state index in [-0.39, 0.29) is 5.84 Å². The fourth-order valence-corrected chi connectivity index (χ4v) is 0.929. The fourth-order valence-electron chi connectivity index (χ4n) is 0.929. The molecule has 1 aliphatic carbocycles. The molecule has 3 N–H and O–H groups in total. The first-order valence-electron chi connectivity index (χ1n) is 3.57. The van der Waals surface area contributed by atoms with Gasteiger partial charge in [-0.05, 0) is 12.8 Å². The van der Waals surface area contributed by atoms with Crippen molar-refractivity contribution >= 4 is 5.84 Å². The van der Waals surface area contributed by atoms with Gasteiger partial charge in [-0.1, -0.05) is 0 Å². The summed E-state index contributed by atoms with van der Waals surface area (Å²) < 4.78 is 5.12. The van der Waals surface area contributed by atoms with Crippen LogP contribution in [0.25, 0.3) is 0 Å². The highest BCUT2D eigenvalue weighted by Gasteiger charge is 2.28. The molecule has 0 bridgehead atoms. The van der Waals surface area contributed by atoms with Gasteiger partial charge < -0.3 is 10.2 Å². The van der Waals surface area contributed by atoms with Crippen molar-refractivity contribution in [2.24, 2.45) is 5.73 Å². The lowest BCUT2D eigenvalue weighted by Crippen LogP contribution is -2.11. The predicted octanol–water partition coefficient (Wildman–Crippen LogP) is 0.836. The van der Waals surface area contributed by atoms with Crippen LogP contribution in [0.15, 0.2) is 10.7 Å². The number of nitrogens with zero attached hydrogens (tertiary/aromatic N) is 1. The van der Waals surface area contributed by atoms with Crippen LogP contribution in [0.4, 0.5) is 0 Å². The molecule has 1 heterocycles. The van der Waals surface area contributed by atoms with Crippen molar-refractivity contribution in [3.05, 3.63) is 17.8 Å². The lowest BCUT2D eigenvalue weighted by Gasteiger charge is -1.85. The molecule has 1 aliphatic rings. The van der Waals surface area contributed by atoms with E-state index in [1.54, 1.807) is 0 Å². The average molecular weight is 151 g/mol. The van der Waals surface area contributed by atoms with E-state index in [9.17, 15) is 0 Å². The number of nitrogen functional groups attached to an aromatic ring is 1. The van der Waals surface area contributed by atoms with Crippen molar-refractivity contribution < 1.29 is 4.42 Å². The first-order chi connectivity index (χ1) is 5.27. The Balaban J connectivity index is 2.25. The summed E-state index contributed by atoms with van der Waals surface area (Å²) in [7, 11) is 0. The Hall–Kier alpha value is -1.32. The van der Waals surface area contributed by atoms with Gasteiger partial charge in [0, 0.05) is 5.92 Å². The molecule has 2 rings (SSSR count). The Morgan fingerprint density at radius 2 is 2.45 bits per heavy atom. The highest BCUT2D eigenvalue weighted by molar-refractivity contribution is 5.92. The van der Waals surface area contributed by atoms with E-state index in [0.29, 0.717) is 11.6 Å². The zero-order valence-corrected chi connectivity index (χ0v) is 6.00. The maximum Gasteiger partial charge on any atom is 0.197 e. The topological polar surface area (TPSA) is 75.9 Å². The monoisotopic (exact) mass is 151 g/mol. The first kappa shape index (κ1) is 6.39. The Labute approximate surface area is 63.9 Å². The zero-order chi connectivity index (χ0) is 7.84. The molecule has 58 valence electrons. The predicted molar refractivity (Wildman–Crippen MR) is 39.5 cm³/mol. The van der Waals surface area contributed by atoms with E-state index in [2.05, 4.69) is 4.98 Å². The van der Waals surface area contributed by atoms with E-state index in [1.807, 2.05) is 0 Å². The van der Waals surface area contributed by atoms with E-state index in [1.165, 1.54) is 6.26 Å². The molecule has 0 saturated heterocycles. The van der Waals surface area contributed by atoms with E-state index in [4.69, 9.17) is 15.6 Å². The molecule has 0 spiro atoms. The average Bonchev–Trinajstić information content (AvgIpc) is 2.68. The molecule has 4 nitrogen and oxygen atoms in total. The van der Waals surface area contributed by atoms with Gasteiger partial charge in [0.1, 0.15) is 17.8 Å². The first-order valence-corrected chi connectivity index (χ1v) is 3.57. The molecule has 1 fully saturated rings. The summed E-state index contributed by atoms with van der Waals surface area (Å²) in [5.41, 5.74) is 5.66. The maximum absolute atomic E-state index is 7.07. The second kappa shape index (κ2) is 2.08. The van der Waals surface area contributed by atoms with Gasteiger partial charge in [-0.25, -0.2) is 4.98 Å². The molecular formula is C7H9N3O. The van der Waals surface area contributed by atoms with E-state index < -0.39 is 0 Å². The van der Waals surface area contributed by atoms with Gasteiger partial charge in [0.2, 0.25) is 0 Å². The number of amidine groups is 1. The van der Waals surface area contributed by atoms with Crippen LogP contribution in [0.1, 0.15) is 30.3 Å². The Morgan fingerprint density at radius 1 is 1.73 bits per heavy atom. The van der Waals surface area contributed by atoms with Crippen molar-refractivity contribution in [1.29, 1.82) is 5.41 Å². The lowest BCUT2D eigenvalue weighted by molar-refractivity contribution is 0.497. The molecule has 4 heteroatoms.